The van der Waals surface area contributed by atoms with E-state index in [1.807, 2.05) is 38.1 Å². The number of aromatic nitrogens is 4. The summed E-state index contributed by atoms with van der Waals surface area (Å²) >= 11 is 0. The lowest BCUT2D eigenvalue weighted by Gasteiger charge is -2.16. The van der Waals surface area contributed by atoms with E-state index in [0.717, 1.165) is 11.1 Å². The van der Waals surface area contributed by atoms with Gasteiger partial charge in [-0.15, -0.1) is 5.10 Å². The smallest absolute Gasteiger partial charge is 0.352 e. The fourth-order valence-electron chi connectivity index (χ4n) is 2.26. The van der Waals surface area contributed by atoms with Gasteiger partial charge in [-0.05, 0) is 60.5 Å². The van der Waals surface area contributed by atoms with Gasteiger partial charge in [-0.1, -0.05) is 18.2 Å². The number of tetrazole rings is 1. The lowest BCUT2D eigenvalue weighted by molar-refractivity contribution is -0.141. The van der Waals surface area contributed by atoms with Gasteiger partial charge in [0.1, 0.15) is 17.8 Å². The number of hydrogen-bond donors (Lipinski definition) is 0. The van der Waals surface area contributed by atoms with Crippen molar-refractivity contribution >= 4 is 5.97 Å². The summed E-state index contributed by atoms with van der Waals surface area (Å²) in [6.07, 6.45) is 0.727. The predicted octanol–water partition coefficient (Wildman–Crippen LogP) is 2.65. The summed E-state index contributed by atoms with van der Waals surface area (Å²) in [7, 11) is 0. The highest BCUT2D eigenvalue weighted by atomic mass is 16.6. The molecule has 0 aliphatic heterocycles. The molecular formula is C18H18N4O3. The largest absolute Gasteiger partial charge is 0.479 e. The number of carbonyl (C=O) groups excluding carboxylic acids is 1. The van der Waals surface area contributed by atoms with Gasteiger partial charge in [0.15, 0.2) is 6.10 Å². The van der Waals surface area contributed by atoms with E-state index in [-0.39, 0.29) is 0 Å². The van der Waals surface area contributed by atoms with Crippen LogP contribution in [-0.4, -0.2) is 32.3 Å². The average Bonchev–Trinajstić information content (AvgIpc) is 3.14. The highest BCUT2D eigenvalue weighted by Crippen LogP contribution is 2.22. The lowest BCUT2D eigenvalue weighted by Crippen LogP contribution is -2.28. The number of aryl methyl sites for hydroxylation is 1. The average molecular weight is 338 g/mol. The van der Waals surface area contributed by atoms with E-state index in [1.165, 1.54) is 11.0 Å². The Morgan fingerprint density at radius 3 is 2.72 bits per heavy atom. The molecule has 25 heavy (non-hydrogen) atoms. The fourth-order valence-corrected chi connectivity index (χ4v) is 2.26. The SMILES string of the molecule is Cc1cccc(OC(C)C(=O)Oc2cccc(-n3cnnn3)c2)c1C. The van der Waals surface area contributed by atoms with Gasteiger partial charge in [-0.25, -0.2) is 9.48 Å². The van der Waals surface area contributed by atoms with Crippen LogP contribution in [0.3, 0.4) is 0 Å². The summed E-state index contributed by atoms with van der Waals surface area (Å²) in [6.45, 7) is 5.61. The Kier molecular flexibility index (Phi) is 4.74. The molecule has 0 aliphatic carbocycles. The zero-order valence-corrected chi connectivity index (χ0v) is 14.2. The summed E-state index contributed by atoms with van der Waals surface area (Å²) < 4.78 is 12.6. The van der Waals surface area contributed by atoms with Crippen LogP contribution in [0.4, 0.5) is 0 Å². The van der Waals surface area contributed by atoms with Gasteiger partial charge in [0, 0.05) is 6.07 Å². The molecule has 3 rings (SSSR count). The first-order valence-electron chi connectivity index (χ1n) is 7.82. The fraction of sp³-hybridized carbons (Fsp3) is 0.222. The van der Waals surface area contributed by atoms with E-state index in [9.17, 15) is 4.79 Å². The quantitative estimate of drug-likeness (QED) is 0.526. The monoisotopic (exact) mass is 338 g/mol. The minimum atomic E-state index is -0.739. The molecule has 128 valence electrons. The molecule has 0 bridgehead atoms. The number of esters is 1. The Bertz CT molecular complexity index is 878. The Hall–Kier alpha value is -3.22. The second kappa shape index (κ2) is 7.12. The van der Waals surface area contributed by atoms with Crippen molar-refractivity contribution in [1.29, 1.82) is 0 Å². The van der Waals surface area contributed by atoms with E-state index in [1.54, 1.807) is 25.1 Å². The third-order valence-electron chi connectivity index (χ3n) is 3.84. The summed E-state index contributed by atoms with van der Waals surface area (Å²) in [5.74, 6) is 0.594. The summed E-state index contributed by atoms with van der Waals surface area (Å²) in [6, 6.07) is 12.7. The molecule has 7 nitrogen and oxygen atoms in total. The molecule has 2 aromatic carbocycles. The number of hydrogen-bond acceptors (Lipinski definition) is 6. The zero-order chi connectivity index (χ0) is 17.8. The molecule has 0 fully saturated rings. The van der Waals surface area contributed by atoms with Gasteiger partial charge in [0.25, 0.3) is 0 Å². The first kappa shape index (κ1) is 16.6. The zero-order valence-electron chi connectivity index (χ0n) is 14.2. The van der Waals surface area contributed by atoms with Crippen LogP contribution >= 0.6 is 0 Å². The molecule has 0 N–H and O–H groups in total. The van der Waals surface area contributed by atoms with Crippen LogP contribution in [0.25, 0.3) is 5.69 Å². The molecule has 0 radical (unpaired) electrons. The molecule has 0 amide bonds. The number of nitrogens with zero attached hydrogens (tertiary/aromatic N) is 4. The summed E-state index contributed by atoms with van der Waals surface area (Å²) in [5, 5.41) is 11.0. The first-order valence-corrected chi connectivity index (χ1v) is 7.82. The maximum atomic E-state index is 12.3. The van der Waals surface area contributed by atoms with E-state index < -0.39 is 12.1 Å². The maximum Gasteiger partial charge on any atom is 0.352 e. The van der Waals surface area contributed by atoms with Crippen molar-refractivity contribution in [2.45, 2.75) is 26.9 Å². The summed E-state index contributed by atoms with van der Waals surface area (Å²) in [5.41, 5.74) is 2.80. The molecule has 0 saturated carbocycles. The Morgan fingerprint density at radius 1 is 1.16 bits per heavy atom. The molecule has 1 unspecified atom stereocenters. The number of rotatable bonds is 5. The molecule has 1 heterocycles. The number of ether oxygens (including phenoxy) is 2. The van der Waals surface area contributed by atoms with Crippen molar-refractivity contribution in [3.8, 4) is 17.2 Å². The predicted molar refractivity (Wildman–Crippen MR) is 90.8 cm³/mol. The van der Waals surface area contributed by atoms with Crippen molar-refractivity contribution in [1.82, 2.24) is 20.2 Å². The van der Waals surface area contributed by atoms with Crippen molar-refractivity contribution in [3.63, 3.8) is 0 Å². The Balaban J connectivity index is 1.69. The molecule has 0 spiro atoms. The third-order valence-corrected chi connectivity index (χ3v) is 3.84. The van der Waals surface area contributed by atoms with Crippen LogP contribution in [0.1, 0.15) is 18.1 Å². The van der Waals surface area contributed by atoms with Crippen LogP contribution < -0.4 is 9.47 Å². The van der Waals surface area contributed by atoms with Gasteiger partial charge >= 0.3 is 5.97 Å². The highest BCUT2D eigenvalue weighted by Gasteiger charge is 2.18. The maximum absolute atomic E-state index is 12.3. The van der Waals surface area contributed by atoms with E-state index in [4.69, 9.17) is 9.47 Å². The first-order chi connectivity index (χ1) is 12.0. The second-order valence-corrected chi connectivity index (χ2v) is 5.63. The summed E-state index contributed by atoms with van der Waals surface area (Å²) in [4.78, 5) is 12.3. The minimum Gasteiger partial charge on any atom is -0.479 e. The Morgan fingerprint density at radius 2 is 1.96 bits per heavy atom. The molecule has 3 aromatic rings. The van der Waals surface area contributed by atoms with Crippen LogP contribution in [-0.2, 0) is 4.79 Å². The normalized spacial score (nSPS) is 11.8. The van der Waals surface area contributed by atoms with Crippen LogP contribution in [0, 0.1) is 13.8 Å². The van der Waals surface area contributed by atoms with E-state index in [2.05, 4.69) is 15.5 Å². The van der Waals surface area contributed by atoms with Crippen LogP contribution in [0.2, 0.25) is 0 Å². The van der Waals surface area contributed by atoms with Crippen molar-refractivity contribution in [3.05, 3.63) is 59.9 Å². The minimum absolute atomic E-state index is 0.398. The van der Waals surface area contributed by atoms with Crippen LogP contribution in [0.15, 0.2) is 48.8 Å². The van der Waals surface area contributed by atoms with Gasteiger partial charge in [0.05, 0.1) is 5.69 Å². The molecule has 0 saturated heterocycles. The standard InChI is InChI=1S/C18H18N4O3/c1-12-6-4-9-17(13(12)2)24-14(3)18(23)25-16-8-5-7-15(10-16)22-11-19-20-21-22/h4-11,14H,1-3H3. The molecular weight excluding hydrogens is 320 g/mol. The van der Waals surface area contributed by atoms with E-state index in [0.29, 0.717) is 17.2 Å². The molecule has 1 atom stereocenters. The number of benzene rings is 2. The lowest BCUT2D eigenvalue weighted by atomic mass is 10.1. The van der Waals surface area contributed by atoms with Gasteiger partial charge in [-0.2, -0.15) is 0 Å². The van der Waals surface area contributed by atoms with Gasteiger partial charge < -0.3 is 9.47 Å². The van der Waals surface area contributed by atoms with Crippen molar-refractivity contribution in [2.24, 2.45) is 0 Å². The third kappa shape index (κ3) is 3.82. The molecule has 0 aliphatic rings. The Labute approximate surface area is 145 Å². The molecule has 1 aromatic heterocycles. The second-order valence-electron chi connectivity index (χ2n) is 5.63. The highest BCUT2D eigenvalue weighted by molar-refractivity contribution is 5.77. The molecule has 7 heteroatoms. The van der Waals surface area contributed by atoms with Gasteiger partial charge in [-0.3, -0.25) is 0 Å². The van der Waals surface area contributed by atoms with Gasteiger partial charge in [0.2, 0.25) is 0 Å². The van der Waals surface area contributed by atoms with Crippen LogP contribution in [0.5, 0.6) is 11.5 Å². The van der Waals surface area contributed by atoms with E-state index >= 15 is 0 Å². The van der Waals surface area contributed by atoms with Crippen molar-refractivity contribution < 1.29 is 14.3 Å². The van der Waals surface area contributed by atoms with Crippen molar-refractivity contribution in [2.75, 3.05) is 0 Å². The number of carbonyl (C=O) groups is 1. The topological polar surface area (TPSA) is 79.1 Å².